The van der Waals surface area contributed by atoms with Crippen molar-refractivity contribution in [3.63, 3.8) is 0 Å². The van der Waals surface area contributed by atoms with Crippen LogP contribution < -0.4 is 15.6 Å². The van der Waals surface area contributed by atoms with Gasteiger partial charge in [-0.2, -0.15) is 13.8 Å². The Hall–Kier alpha value is -4.60. The van der Waals surface area contributed by atoms with Crippen molar-refractivity contribution in [1.82, 2.24) is 29.2 Å². The number of anilines is 2. The first kappa shape index (κ1) is 26.1. The summed E-state index contributed by atoms with van der Waals surface area (Å²) in [6.07, 6.45) is 4.01. The Labute approximate surface area is 251 Å². The zero-order valence-electron chi connectivity index (χ0n) is 26.7. The maximum atomic E-state index is 13.4. The number of halogens is 2. The van der Waals surface area contributed by atoms with E-state index in [1.54, 1.807) is 44.2 Å². The molecule has 4 heterocycles. The third-order valence-corrected chi connectivity index (χ3v) is 6.92. The van der Waals surface area contributed by atoms with Gasteiger partial charge in [0.1, 0.15) is 16.7 Å². The van der Waals surface area contributed by atoms with Gasteiger partial charge < -0.3 is 20.1 Å². The summed E-state index contributed by atoms with van der Waals surface area (Å²) in [6.45, 7) is 2.57. The fraction of sp³-hybridized carbons (Fsp3) is 0.355. The highest BCUT2D eigenvalue weighted by molar-refractivity contribution is 5.77. The summed E-state index contributed by atoms with van der Waals surface area (Å²) in [6, 6.07) is 9.55. The summed E-state index contributed by atoms with van der Waals surface area (Å²) in [5.41, 5.74) is -0.442. The Kier molecular flexibility index (Phi) is 7.47. The van der Waals surface area contributed by atoms with Gasteiger partial charge in [0.05, 0.1) is 17.8 Å². The summed E-state index contributed by atoms with van der Waals surface area (Å²) < 4.78 is 57.1. The highest BCUT2D eigenvalue weighted by Gasteiger charge is 2.22. The molecule has 1 aliphatic heterocycles. The molecule has 4 aromatic rings. The molecule has 10 nitrogen and oxygen atoms in total. The number of ether oxygens (including phenoxy) is 1. The molecule has 12 heteroatoms. The molecule has 0 bridgehead atoms. The molecule has 224 valence electrons. The quantitative estimate of drug-likeness (QED) is 0.229. The summed E-state index contributed by atoms with van der Waals surface area (Å²) in [7, 11) is 0. The van der Waals surface area contributed by atoms with Gasteiger partial charge in [0, 0.05) is 28.0 Å². The molecular formula is C31H33F2N7O3. The molecule has 1 aromatic carbocycles. The minimum absolute atomic E-state index is 0.0680. The van der Waals surface area contributed by atoms with Crippen LogP contribution in [0.4, 0.5) is 20.4 Å². The van der Waals surface area contributed by atoms with Crippen LogP contribution in [0.5, 0.6) is 5.75 Å². The number of aromatic nitrogens is 5. The molecule has 0 aliphatic carbocycles. The van der Waals surface area contributed by atoms with Crippen LogP contribution in [0.25, 0.3) is 16.9 Å². The molecule has 0 amide bonds. The molecule has 1 aliphatic rings. The number of benzene rings is 1. The standard InChI is InChI=1S/C31H33F2N7O3/c1-5-15-39-28(41)23-19-34-30(37-27(23)40(39)26-8-6-7-25(36-26)31(2,3)42)35-22-12-11-21(24(18-22)43-29(32)33)10-9-20-13-16-38(4)17-14-20/h5-8,11-12,18-20,29,42H,1,13-17H2,2-4H3,(H,34,35,37)/i4D3. The predicted octanol–water partition coefficient (Wildman–Crippen LogP) is 4.43. The van der Waals surface area contributed by atoms with Gasteiger partial charge in [0.15, 0.2) is 11.5 Å². The number of nitrogens with zero attached hydrogens (tertiary/aromatic N) is 6. The van der Waals surface area contributed by atoms with E-state index in [0.29, 0.717) is 43.1 Å². The fourth-order valence-corrected chi connectivity index (χ4v) is 4.72. The van der Waals surface area contributed by atoms with E-state index in [4.69, 9.17) is 8.85 Å². The Balaban J connectivity index is 1.46. The number of aliphatic hydroxyl groups is 1. The number of pyridine rings is 1. The normalized spacial score (nSPS) is 15.8. The molecule has 1 fully saturated rings. The topological polar surface area (TPSA) is 110 Å². The SMILES string of the molecule is [2H]C([2H])([2H])N1CCC(C#Cc2ccc(Nc3ncc4c(=O)n(CC=C)n(-c5cccc(C(C)(C)O)n5)c4n3)cc2OC(F)F)CC1. The number of hydrogen-bond donors (Lipinski definition) is 2. The van der Waals surface area contributed by atoms with Crippen LogP contribution in [-0.4, -0.2) is 61.0 Å². The molecule has 5 rings (SSSR count). The van der Waals surface area contributed by atoms with Gasteiger partial charge in [-0.05, 0) is 71.0 Å². The van der Waals surface area contributed by atoms with Crippen molar-refractivity contribution in [3.8, 4) is 23.4 Å². The van der Waals surface area contributed by atoms with Crippen molar-refractivity contribution >= 4 is 22.7 Å². The molecule has 0 atom stereocenters. The molecule has 1 saturated heterocycles. The number of allylic oxidation sites excluding steroid dienone is 1. The van der Waals surface area contributed by atoms with Gasteiger partial charge in [-0.1, -0.05) is 24.0 Å². The first-order chi connectivity index (χ1) is 21.7. The molecule has 2 N–H and O–H groups in total. The number of rotatable bonds is 8. The van der Waals surface area contributed by atoms with E-state index in [-0.39, 0.29) is 46.3 Å². The monoisotopic (exact) mass is 592 g/mol. The van der Waals surface area contributed by atoms with Crippen LogP contribution in [0.15, 0.2) is 60.0 Å². The van der Waals surface area contributed by atoms with E-state index >= 15 is 0 Å². The Morgan fingerprint density at radius 3 is 2.77 bits per heavy atom. The smallest absolute Gasteiger partial charge is 0.387 e. The van der Waals surface area contributed by atoms with E-state index in [0.717, 1.165) is 0 Å². The largest absolute Gasteiger partial charge is 0.433 e. The van der Waals surface area contributed by atoms with Gasteiger partial charge in [-0.25, -0.2) is 19.3 Å². The lowest BCUT2D eigenvalue weighted by Gasteiger charge is -2.25. The van der Waals surface area contributed by atoms with Crippen molar-refractivity contribution < 1.29 is 22.7 Å². The summed E-state index contributed by atoms with van der Waals surface area (Å²) >= 11 is 0. The van der Waals surface area contributed by atoms with Gasteiger partial charge >= 0.3 is 6.61 Å². The number of piperidine rings is 1. The van der Waals surface area contributed by atoms with Crippen LogP contribution >= 0.6 is 0 Å². The average Bonchev–Trinajstić information content (AvgIpc) is 3.26. The minimum Gasteiger partial charge on any atom is -0.433 e. The van der Waals surface area contributed by atoms with Gasteiger partial charge in [0.25, 0.3) is 5.56 Å². The lowest BCUT2D eigenvalue weighted by molar-refractivity contribution is -0.0499. The summed E-state index contributed by atoms with van der Waals surface area (Å²) in [5.74, 6) is 6.15. The van der Waals surface area contributed by atoms with Gasteiger partial charge in [-0.3, -0.25) is 4.79 Å². The van der Waals surface area contributed by atoms with Crippen molar-refractivity contribution in [3.05, 3.63) is 76.9 Å². The zero-order chi connectivity index (χ0) is 33.2. The molecule has 3 aromatic heterocycles. The van der Waals surface area contributed by atoms with Crippen molar-refractivity contribution in [2.75, 3.05) is 25.4 Å². The van der Waals surface area contributed by atoms with Crippen molar-refractivity contribution in [1.29, 1.82) is 0 Å². The van der Waals surface area contributed by atoms with E-state index in [2.05, 4.69) is 38.7 Å². The molecular weight excluding hydrogens is 556 g/mol. The number of nitrogens with one attached hydrogen (secondary N) is 1. The van der Waals surface area contributed by atoms with Crippen LogP contribution in [0.3, 0.4) is 0 Å². The number of likely N-dealkylation sites (tertiary alicyclic amines) is 1. The van der Waals surface area contributed by atoms with Crippen molar-refractivity contribution in [2.24, 2.45) is 5.92 Å². The third-order valence-electron chi connectivity index (χ3n) is 6.92. The molecule has 0 spiro atoms. The van der Waals surface area contributed by atoms with Crippen LogP contribution in [0, 0.1) is 17.8 Å². The van der Waals surface area contributed by atoms with E-state index in [1.165, 1.54) is 32.6 Å². The zero-order valence-corrected chi connectivity index (χ0v) is 23.7. The Morgan fingerprint density at radius 2 is 2.07 bits per heavy atom. The third kappa shape index (κ3) is 6.74. The lowest BCUT2D eigenvalue weighted by atomic mass is 9.97. The highest BCUT2D eigenvalue weighted by Crippen LogP contribution is 2.27. The second-order valence-electron chi connectivity index (χ2n) is 10.6. The average molecular weight is 593 g/mol. The highest BCUT2D eigenvalue weighted by atomic mass is 19.3. The second kappa shape index (κ2) is 12.3. The Bertz CT molecular complexity index is 1870. The maximum absolute atomic E-state index is 13.4. The van der Waals surface area contributed by atoms with Crippen LogP contribution in [0.1, 0.15) is 42.1 Å². The minimum atomic E-state index is -3.10. The van der Waals surface area contributed by atoms with E-state index in [1.807, 2.05) is 0 Å². The summed E-state index contributed by atoms with van der Waals surface area (Å²) in [4.78, 5) is 28.1. The molecule has 43 heavy (non-hydrogen) atoms. The predicted molar refractivity (Wildman–Crippen MR) is 160 cm³/mol. The second-order valence-corrected chi connectivity index (χ2v) is 10.6. The maximum Gasteiger partial charge on any atom is 0.387 e. The summed E-state index contributed by atoms with van der Waals surface area (Å²) in [5, 5.41) is 13.7. The molecule has 0 unspecified atom stereocenters. The fourth-order valence-electron chi connectivity index (χ4n) is 4.72. The Morgan fingerprint density at radius 1 is 1.28 bits per heavy atom. The first-order valence-corrected chi connectivity index (χ1v) is 13.7. The van der Waals surface area contributed by atoms with Crippen LogP contribution in [-0.2, 0) is 12.1 Å². The van der Waals surface area contributed by atoms with Crippen LogP contribution in [0.2, 0.25) is 0 Å². The van der Waals surface area contributed by atoms with E-state index < -0.39 is 19.2 Å². The number of hydrogen-bond acceptors (Lipinski definition) is 8. The van der Waals surface area contributed by atoms with Gasteiger partial charge in [-0.15, -0.1) is 6.58 Å². The van der Waals surface area contributed by atoms with Crippen molar-refractivity contribution in [2.45, 2.75) is 45.4 Å². The van der Waals surface area contributed by atoms with Gasteiger partial charge in [0.2, 0.25) is 5.95 Å². The van der Waals surface area contributed by atoms with E-state index in [9.17, 15) is 18.7 Å². The molecule has 0 saturated carbocycles. The number of alkyl halides is 2. The lowest BCUT2D eigenvalue weighted by Crippen LogP contribution is -2.29. The molecule has 0 radical (unpaired) electrons. The number of fused-ring (bicyclic) bond motifs is 1. The first-order valence-electron chi connectivity index (χ1n) is 15.2.